The summed E-state index contributed by atoms with van der Waals surface area (Å²) in [7, 11) is -3.90. The molecule has 1 heterocycles. The van der Waals surface area contributed by atoms with E-state index in [0.29, 0.717) is 6.42 Å². The second-order valence-corrected chi connectivity index (χ2v) is 8.57. The zero-order valence-electron chi connectivity index (χ0n) is 16.3. The molecule has 0 aliphatic carbocycles. The van der Waals surface area contributed by atoms with Gasteiger partial charge >= 0.3 is 13.8 Å². The third-order valence-electron chi connectivity index (χ3n) is 4.62. The van der Waals surface area contributed by atoms with Crippen LogP contribution in [0.15, 0.2) is 0 Å². The monoisotopic (exact) mass is 392 g/mol. The molecule has 1 saturated heterocycles. The molecule has 0 aromatic rings. The molecule has 0 aromatic carbocycles. The van der Waals surface area contributed by atoms with Crippen LogP contribution in [-0.2, 0) is 23.1 Å². The lowest BCUT2D eigenvalue weighted by Gasteiger charge is -2.08. The highest BCUT2D eigenvalue weighted by Crippen LogP contribution is 2.49. The van der Waals surface area contributed by atoms with Gasteiger partial charge in [0.1, 0.15) is 12.7 Å². The maximum atomic E-state index is 11.6. The van der Waals surface area contributed by atoms with E-state index in [1.54, 1.807) is 0 Å². The number of carbonyl (C=O) groups is 1. The number of unbranched alkanes of at least 4 members (excludes halogenated alkanes) is 12. The smallest absolute Gasteiger partial charge is 0.463 e. The number of ether oxygens (including phenoxy) is 1. The van der Waals surface area contributed by atoms with Crippen molar-refractivity contribution in [1.29, 1.82) is 0 Å². The summed E-state index contributed by atoms with van der Waals surface area (Å²) in [6, 6.07) is 0. The van der Waals surface area contributed by atoms with E-state index in [2.05, 4.69) is 11.4 Å². The molecular formula is C19H37O6P. The van der Waals surface area contributed by atoms with Gasteiger partial charge in [-0.3, -0.25) is 13.8 Å². The van der Waals surface area contributed by atoms with Gasteiger partial charge in [0.05, 0.1) is 6.61 Å². The molecule has 1 unspecified atom stereocenters. The molecule has 1 fully saturated rings. The molecule has 0 spiro atoms. The quantitative estimate of drug-likeness (QED) is 0.211. The molecular weight excluding hydrogens is 355 g/mol. The zero-order chi connectivity index (χ0) is 19.1. The molecule has 1 aliphatic heterocycles. The standard InChI is InChI=1S/C19H37O6P/c1-2-3-4-5-6-7-8-9-10-11-12-13-14-15-19(20)23-16-18-17-24-26(21,22)25-18/h18H,2-17H2,1H3,(H,21,22)/t18-/m1/s1. The van der Waals surface area contributed by atoms with Crippen LogP contribution < -0.4 is 0 Å². The van der Waals surface area contributed by atoms with E-state index >= 15 is 0 Å². The number of hydrogen-bond acceptors (Lipinski definition) is 5. The van der Waals surface area contributed by atoms with Gasteiger partial charge in [0.25, 0.3) is 0 Å². The van der Waals surface area contributed by atoms with Crippen molar-refractivity contribution in [2.75, 3.05) is 13.2 Å². The molecule has 0 saturated carbocycles. The van der Waals surface area contributed by atoms with Crippen molar-refractivity contribution < 1.29 is 28.0 Å². The normalized spacial score (nSPS) is 22.6. The SMILES string of the molecule is CCCCCCCCCCCCCCCC(=O)OC[C@@H]1COP(=O)(O)O1. The van der Waals surface area contributed by atoms with E-state index in [0.717, 1.165) is 19.3 Å². The molecule has 0 radical (unpaired) electrons. The van der Waals surface area contributed by atoms with Gasteiger partial charge in [-0.15, -0.1) is 0 Å². The molecule has 0 bridgehead atoms. The van der Waals surface area contributed by atoms with Crippen LogP contribution in [-0.4, -0.2) is 30.2 Å². The average Bonchev–Trinajstić information content (AvgIpc) is 2.96. The molecule has 7 heteroatoms. The summed E-state index contributed by atoms with van der Waals surface area (Å²) in [6.07, 6.45) is 16.2. The van der Waals surface area contributed by atoms with Gasteiger partial charge < -0.3 is 9.63 Å². The van der Waals surface area contributed by atoms with Crippen molar-refractivity contribution in [2.45, 2.75) is 103 Å². The Hall–Kier alpha value is -0.420. The van der Waals surface area contributed by atoms with Crippen molar-refractivity contribution in [2.24, 2.45) is 0 Å². The third-order valence-corrected chi connectivity index (χ3v) is 5.66. The van der Waals surface area contributed by atoms with Gasteiger partial charge in [-0.2, -0.15) is 0 Å². The Kier molecular flexibility index (Phi) is 13.3. The van der Waals surface area contributed by atoms with E-state index in [1.165, 1.54) is 64.2 Å². The summed E-state index contributed by atoms with van der Waals surface area (Å²) in [6.45, 7) is 2.21. The minimum absolute atomic E-state index is 0.0141. The van der Waals surface area contributed by atoms with E-state index < -0.39 is 13.9 Å². The van der Waals surface area contributed by atoms with Crippen molar-refractivity contribution in [1.82, 2.24) is 0 Å². The van der Waals surface area contributed by atoms with Crippen LogP contribution in [0.3, 0.4) is 0 Å². The van der Waals surface area contributed by atoms with Crippen LogP contribution in [0.1, 0.15) is 96.8 Å². The Morgan fingerprint density at radius 1 is 0.962 bits per heavy atom. The topological polar surface area (TPSA) is 82.1 Å². The Labute approximate surface area is 158 Å². The number of phosphoric acid groups is 1. The second kappa shape index (κ2) is 14.6. The average molecular weight is 392 g/mol. The molecule has 1 rings (SSSR count). The molecule has 26 heavy (non-hydrogen) atoms. The van der Waals surface area contributed by atoms with Crippen LogP contribution in [0, 0.1) is 0 Å². The van der Waals surface area contributed by atoms with Gasteiger partial charge in [-0.25, -0.2) is 4.57 Å². The lowest BCUT2D eigenvalue weighted by Crippen LogP contribution is -2.20. The van der Waals surface area contributed by atoms with Gasteiger partial charge in [-0.1, -0.05) is 84.0 Å². The van der Waals surface area contributed by atoms with Crippen LogP contribution in [0.4, 0.5) is 0 Å². The highest BCUT2D eigenvalue weighted by molar-refractivity contribution is 7.47. The van der Waals surface area contributed by atoms with Crippen molar-refractivity contribution in [3.05, 3.63) is 0 Å². The Morgan fingerprint density at radius 3 is 1.92 bits per heavy atom. The van der Waals surface area contributed by atoms with E-state index in [9.17, 15) is 9.36 Å². The highest BCUT2D eigenvalue weighted by atomic mass is 31.2. The molecule has 0 aromatic heterocycles. The Balaban J connectivity index is 1.80. The number of carbonyl (C=O) groups excluding carboxylic acids is 1. The van der Waals surface area contributed by atoms with Crippen LogP contribution in [0.5, 0.6) is 0 Å². The van der Waals surface area contributed by atoms with Gasteiger partial charge in [-0.05, 0) is 6.42 Å². The fourth-order valence-corrected chi connectivity index (χ4v) is 3.96. The summed E-state index contributed by atoms with van der Waals surface area (Å²) in [5.41, 5.74) is 0. The lowest BCUT2D eigenvalue weighted by atomic mass is 10.0. The van der Waals surface area contributed by atoms with Gasteiger partial charge in [0.2, 0.25) is 0 Å². The van der Waals surface area contributed by atoms with Gasteiger partial charge in [0.15, 0.2) is 0 Å². The predicted octanol–water partition coefficient (Wildman–Crippen LogP) is 5.53. The first-order valence-corrected chi connectivity index (χ1v) is 11.8. The largest absolute Gasteiger partial charge is 0.472 e. The molecule has 154 valence electrons. The Bertz CT molecular complexity index is 415. The molecule has 1 aliphatic rings. The van der Waals surface area contributed by atoms with E-state index in [-0.39, 0.29) is 19.2 Å². The molecule has 2 atom stereocenters. The van der Waals surface area contributed by atoms with Gasteiger partial charge in [0, 0.05) is 6.42 Å². The second-order valence-electron chi connectivity index (χ2n) is 7.17. The summed E-state index contributed by atoms with van der Waals surface area (Å²) in [5.74, 6) is -0.281. The molecule has 1 N–H and O–H groups in total. The van der Waals surface area contributed by atoms with E-state index in [4.69, 9.17) is 14.2 Å². The summed E-state index contributed by atoms with van der Waals surface area (Å²) < 4.78 is 25.4. The Morgan fingerprint density at radius 2 is 1.46 bits per heavy atom. The molecule has 0 amide bonds. The van der Waals surface area contributed by atoms with Crippen LogP contribution >= 0.6 is 7.82 Å². The summed E-state index contributed by atoms with van der Waals surface area (Å²) in [5, 5.41) is 0. The fraction of sp³-hybridized carbons (Fsp3) is 0.947. The number of rotatable bonds is 16. The maximum absolute atomic E-state index is 11.6. The molecule has 6 nitrogen and oxygen atoms in total. The predicted molar refractivity (Wildman–Crippen MR) is 102 cm³/mol. The van der Waals surface area contributed by atoms with Crippen molar-refractivity contribution in [3.8, 4) is 0 Å². The lowest BCUT2D eigenvalue weighted by molar-refractivity contribution is -0.146. The van der Waals surface area contributed by atoms with Crippen molar-refractivity contribution >= 4 is 13.8 Å². The minimum atomic E-state index is -3.90. The third kappa shape index (κ3) is 12.9. The maximum Gasteiger partial charge on any atom is 0.472 e. The first-order chi connectivity index (χ1) is 12.5. The highest BCUT2D eigenvalue weighted by Gasteiger charge is 2.35. The van der Waals surface area contributed by atoms with Crippen LogP contribution in [0.25, 0.3) is 0 Å². The fourth-order valence-electron chi connectivity index (χ4n) is 3.05. The summed E-state index contributed by atoms with van der Waals surface area (Å²) in [4.78, 5) is 20.6. The van der Waals surface area contributed by atoms with Crippen molar-refractivity contribution in [3.63, 3.8) is 0 Å². The number of esters is 1. The minimum Gasteiger partial charge on any atom is -0.463 e. The first-order valence-electron chi connectivity index (χ1n) is 10.3. The number of hydrogen-bond donors (Lipinski definition) is 1. The zero-order valence-corrected chi connectivity index (χ0v) is 17.2. The first kappa shape index (κ1) is 23.6. The summed E-state index contributed by atoms with van der Waals surface area (Å²) >= 11 is 0. The van der Waals surface area contributed by atoms with E-state index in [1.807, 2.05) is 0 Å². The number of phosphoric ester groups is 1. The van der Waals surface area contributed by atoms with Crippen LogP contribution in [0.2, 0.25) is 0 Å².